The molecule has 2 aromatic carbocycles. The summed E-state index contributed by atoms with van der Waals surface area (Å²) in [6.45, 7) is 2.22. The molecule has 4 heteroatoms. The minimum Gasteiger partial charge on any atom is -0.388 e. The highest BCUT2D eigenvalue weighted by atomic mass is 19.4. The fourth-order valence-corrected chi connectivity index (χ4v) is 3.39. The van der Waals surface area contributed by atoms with Crippen LogP contribution < -0.4 is 0 Å². The molecule has 0 radical (unpaired) electrons. The SMILES string of the molecule is CCCCCCCCCC[C@@H](O)c1ccc(-c2ccc(C(F)(F)F)cc2)cc1. The van der Waals surface area contributed by atoms with Crippen LogP contribution in [0.2, 0.25) is 0 Å². The largest absolute Gasteiger partial charge is 0.416 e. The maximum atomic E-state index is 12.7. The van der Waals surface area contributed by atoms with Crippen LogP contribution in [0.25, 0.3) is 11.1 Å². The monoisotopic (exact) mass is 392 g/mol. The summed E-state index contributed by atoms with van der Waals surface area (Å²) in [6, 6.07) is 12.6. The second kappa shape index (κ2) is 11.3. The first-order chi connectivity index (χ1) is 13.4. The molecule has 0 heterocycles. The first-order valence-electron chi connectivity index (χ1n) is 10.4. The first-order valence-corrected chi connectivity index (χ1v) is 10.4. The average Bonchev–Trinajstić information content (AvgIpc) is 2.69. The van der Waals surface area contributed by atoms with E-state index in [2.05, 4.69) is 6.92 Å². The second-order valence-corrected chi connectivity index (χ2v) is 7.48. The number of unbranched alkanes of at least 4 members (excludes halogenated alkanes) is 7. The van der Waals surface area contributed by atoms with Crippen molar-refractivity contribution in [2.45, 2.75) is 77.0 Å². The summed E-state index contributed by atoms with van der Waals surface area (Å²) in [5, 5.41) is 10.4. The van der Waals surface area contributed by atoms with Crippen LogP contribution in [0.1, 0.15) is 81.9 Å². The number of halogens is 3. The normalized spacial score (nSPS) is 12.9. The number of hydrogen-bond donors (Lipinski definition) is 1. The van der Waals surface area contributed by atoms with Gasteiger partial charge in [-0.05, 0) is 35.2 Å². The van der Waals surface area contributed by atoms with E-state index in [9.17, 15) is 18.3 Å². The Morgan fingerprint density at radius 3 is 1.68 bits per heavy atom. The van der Waals surface area contributed by atoms with Gasteiger partial charge in [0.2, 0.25) is 0 Å². The van der Waals surface area contributed by atoms with Crippen LogP contribution in [0.4, 0.5) is 13.2 Å². The predicted molar refractivity (Wildman–Crippen MR) is 109 cm³/mol. The molecule has 154 valence electrons. The van der Waals surface area contributed by atoms with E-state index >= 15 is 0 Å². The Balaban J connectivity index is 1.78. The van der Waals surface area contributed by atoms with E-state index in [1.165, 1.54) is 50.7 Å². The van der Waals surface area contributed by atoms with Crippen molar-refractivity contribution >= 4 is 0 Å². The molecule has 1 atom stereocenters. The summed E-state index contributed by atoms with van der Waals surface area (Å²) in [5.41, 5.74) is 1.79. The van der Waals surface area contributed by atoms with E-state index in [1.54, 1.807) is 0 Å². The highest BCUT2D eigenvalue weighted by Crippen LogP contribution is 2.31. The molecule has 0 aliphatic rings. The molecule has 0 spiro atoms. The number of rotatable bonds is 11. The molecule has 0 bridgehead atoms. The lowest BCUT2D eigenvalue weighted by Crippen LogP contribution is -2.04. The van der Waals surface area contributed by atoms with E-state index in [1.807, 2.05) is 24.3 Å². The zero-order chi connectivity index (χ0) is 20.4. The molecule has 0 amide bonds. The minimum atomic E-state index is -4.32. The highest BCUT2D eigenvalue weighted by molar-refractivity contribution is 5.64. The van der Waals surface area contributed by atoms with Gasteiger partial charge in [-0.25, -0.2) is 0 Å². The number of benzene rings is 2. The fraction of sp³-hybridized carbons (Fsp3) is 0.500. The van der Waals surface area contributed by atoms with Crippen molar-refractivity contribution in [2.24, 2.45) is 0 Å². The molecule has 1 N–H and O–H groups in total. The molecule has 2 rings (SSSR count). The van der Waals surface area contributed by atoms with E-state index in [4.69, 9.17) is 0 Å². The molecule has 0 saturated carbocycles. The van der Waals surface area contributed by atoms with Crippen LogP contribution in [-0.4, -0.2) is 5.11 Å². The smallest absolute Gasteiger partial charge is 0.388 e. The summed E-state index contributed by atoms with van der Waals surface area (Å²) in [5.74, 6) is 0. The van der Waals surface area contributed by atoms with Crippen molar-refractivity contribution in [1.29, 1.82) is 0 Å². The summed E-state index contributed by atoms with van der Waals surface area (Å²) < 4.78 is 38.0. The van der Waals surface area contributed by atoms with E-state index in [0.29, 0.717) is 0 Å². The minimum absolute atomic E-state index is 0.484. The van der Waals surface area contributed by atoms with Crippen molar-refractivity contribution in [3.8, 4) is 11.1 Å². The van der Waals surface area contributed by atoms with Crippen molar-refractivity contribution in [3.63, 3.8) is 0 Å². The van der Waals surface area contributed by atoms with E-state index in [-0.39, 0.29) is 0 Å². The third kappa shape index (κ3) is 7.31. The van der Waals surface area contributed by atoms with Crippen molar-refractivity contribution < 1.29 is 18.3 Å². The van der Waals surface area contributed by atoms with Crippen LogP contribution in [0, 0.1) is 0 Å². The van der Waals surface area contributed by atoms with Gasteiger partial charge in [0.1, 0.15) is 0 Å². The fourth-order valence-electron chi connectivity index (χ4n) is 3.39. The Morgan fingerprint density at radius 1 is 0.714 bits per heavy atom. The van der Waals surface area contributed by atoms with Gasteiger partial charge >= 0.3 is 6.18 Å². The number of aliphatic hydroxyl groups is 1. The second-order valence-electron chi connectivity index (χ2n) is 7.48. The summed E-state index contributed by atoms with van der Waals surface area (Å²) in [4.78, 5) is 0. The number of alkyl halides is 3. The molecule has 0 fully saturated rings. The van der Waals surface area contributed by atoms with Gasteiger partial charge in [0, 0.05) is 0 Å². The lowest BCUT2D eigenvalue weighted by molar-refractivity contribution is -0.137. The lowest BCUT2D eigenvalue weighted by atomic mass is 9.98. The molecule has 1 nitrogen and oxygen atoms in total. The van der Waals surface area contributed by atoms with Crippen LogP contribution in [0.3, 0.4) is 0 Å². The Labute approximate surface area is 166 Å². The number of aliphatic hydroxyl groups excluding tert-OH is 1. The summed E-state index contributed by atoms with van der Waals surface area (Å²) in [7, 11) is 0. The summed E-state index contributed by atoms with van der Waals surface area (Å²) >= 11 is 0. The third-order valence-electron chi connectivity index (χ3n) is 5.17. The Hall–Kier alpha value is -1.81. The lowest BCUT2D eigenvalue weighted by Gasteiger charge is -2.12. The Morgan fingerprint density at radius 2 is 1.18 bits per heavy atom. The molecule has 0 aromatic heterocycles. The molecule has 0 unspecified atom stereocenters. The maximum absolute atomic E-state index is 12.7. The highest BCUT2D eigenvalue weighted by Gasteiger charge is 2.29. The molecule has 0 aliphatic heterocycles. The molecular formula is C24H31F3O. The van der Waals surface area contributed by atoms with Gasteiger partial charge in [-0.1, -0.05) is 94.7 Å². The van der Waals surface area contributed by atoms with Crippen molar-refractivity contribution in [1.82, 2.24) is 0 Å². The number of hydrogen-bond acceptors (Lipinski definition) is 1. The Bertz CT molecular complexity index is 674. The summed E-state index contributed by atoms with van der Waals surface area (Å²) in [6.07, 6.45) is 5.82. The average molecular weight is 393 g/mol. The molecule has 2 aromatic rings. The zero-order valence-electron chi connectivity index (χ0n) is 16.6. The van der Waals surface area contributed by atoms with Crippen molar-refractivity contribution in [3.05, 3.63) is 59.7 Å². The van der Waals surface area contributed by atoms with Gasteiger partial charge in [-0.15, -0.1) is 0 Å². The van der Waals surface area contributed by atoms with Crippen LogP contribution in [-0.2, 0) is 6.18 Å². The molecule has 0 aliphatic carbocycles. The molecular weight excluding hydrogens is 361 g/mol. The van der Waals surface area contributed by atoms with E-state index < -0.39 is 17.8 Å². The standard InChI is InChI=1S/C24H31F3O/c1-2-3-4-5-6-7-8-9-10-23(28)21-13-11-19(12-14-21)20-15-17-22(18-16-20)24(25,26)27/h11-18,23,28H,2-10H2,1H3/t23-/m1/s1. The van der Waals surface area contributed by atoms with Gasteiger partial charge in [0.15, 0.2) is 0 Å². The third-order valence-corrected chi connectivity index (χ3v) is 5.17. The van der Waals surface area contributed by atoms with Gasteiger partial charge in [-0.2, -0.15) is 13.2 Å². The van der Waals surface area contributed by atoms with Crippen LogP contribution >= 0.6 is 0 Å². The van der Waals surface area contributed by atoms with E-state index in [0.717, 1.165) is 48.1 Å². The first kappa shape index (κ1) is 22.5. The van der Waals surface area contributed by atoms with Crippen molar-refractivity contribution in [2.75, 3.05) is 0 Å². The van der Waals surface area contributed by atoms with Crippen LogP contribution in [0.5, 0.6) is 0 Å². The van der Waals surface area contributed by atoms with Gasteiger partial charge in [0.25, 0.3) is 0 Å². The Kier molecular flexibility index (Phi) is 9.04. The van der Waals surface area contributed by atoms with Gasteiger partial charge in [-0.3, -0.25) is 0 Å². The molecule has 28 heavy (non-hydrogen) atoms. The van der Waals surface area contributed by atoms with Gasteiger partial charge in [0.05, 0.1) is 11.7 Å². The topological polar surface area (TPSA) is 20.2 Å². The van der Waals surface area contributed by atoms with Crippen LogP contribution in [0.15, 0.2) is 48.5 Å². The van der Waals surface area contributed by atoms with Gasteiger partial charge < -0.3 is 5.11 Å². The zero-order valence-corrected chi connectivity index (χ0v) is 16.6. The molecule has 0 saturated heterocycles. The quantitative estimate of drug-likeness (QED) is 0.385. The predicted octanol–water partition coefficient (Wildman–Crippen LogP) is 7.94. The maximum Gasteiger partial charge on any atom is 0.416 e.